The van der Waals surface area contributed by atoms with E-state index in [1.807, 2.05) is 31.2 Å². The van der Waals surface area contributed by atoms with Crippen LogP contribution in [-0.2, 0) is 6.54 Å². The number of aliphatic hydroxyl groups excluding tert-OH is 1. The Hall–Kier alpha value is -1.58. The van der Waals surface area contributed by atoms with Crippen molar-refractivity contribution < 1.29 is 5.11 Å². The molecule has 19 heavy (non-hydrogen) atoms. The molecule has 1 N–H and O–H groups in total. The monoisotopic (exact) mass is 276 g/mol. The van der Waals surface area contributed by atoms with E-state index in [1.165, 1.54) is 5.56 Å². The van der Waals surface area contributed by atoms with Crippen LogP contribution in [0.1, 0.15) is 11.3 Å². The molecule has 0 aliphatic carbocycles. The first kappa shape index (κ1) is 13.8. The summed E-state index contributed by atoms with van der Waals surface area (Å²) >= 11 is 5.88. The summed E-state index contributed by atoms with van der Waals surface area (Å²) in [5, 5.41) is 9.72. The second-order valence-electron chi connectivity index (χ2n) is 4.37. The fourth-order valence-electron chi connectivity index (χ4n) is 2.07. The zero-order valence-electron chi connectivity index (χ0n) is 10.9. The van der Waals surface area contributed by atoms with Crippen LogP contribution in [-0.4, -0.2) is 23.2 Å². The van der Waals surface area contributed by atoms with Gasteiger partial charge in [0.2, 0.25) is 0 Å². The molecule has 1 aromatic carbocycles. The Balaban J connectivity index is 2.24. The molecule has 2 aromatic rings. The van der Waals surface area contributed by atoms with Gasteiger partial charge < -0.3 is 10.0 Å². The Morgan fingerprint density at radius 3 is 2.53 bits per heavy atom. The number of benzene rings is 1. The van der Waals surface area contributed by atoms with Crippen LogP contribution < -0.4 is 4.90 Å². The van der Waals surface area contributed by atoms with Gasteiger partial charge in [0.05, 0.1) is 18.0 Å². The lowest BCUT2D eigenvalue weighted by Gasteiger charge is -2.25. The van der Waals surface area contributed by atoms with E-state index in [9.17, 15) is 5.11 Å². The highest BCUT2D eigenvalue weighted by molar-refractivity contribution is 6.29. The zero-order chi connectivity index (χ0) is 13.7. The third-order valence-electron chi connectivity index (χ3n) is 2.95. The number of nitrogens with zero attached hydrogens (tertiary/aromatic N) is 2. The van der Waals surface area contributed by atoms with Gasteiger partial charge in [0.25, 0.3) is 0 Å². The second kappa shape index (κ2) is 6.55. The van der Waals surface area contributed by atoms with Crippen molar-refractivity contribution in [1.82, 2.24) is 4.98 Å². The Morgan fingerprint density at radius 2 is 1.89 bits per heavy atom. The molecule has 0 spiro atoms. The van der Waals surface area contributed by atoms with E-state index in [2.05, 4.69) is 22.0 Å². The van der Waals surface area contributed by atoms with E-state index in [4.69, 9.17) is 11.6 Å². The SMILES string of the molecule is Cc1nc(Cl)ccc1N(CCO)Cc1ccccc1. The summed E-state index contributed by atoms with van der Waals surface area (Å²) in [4.78, 5) is 6.37. The van der Waals surface area contributed by atoms with Crippen molar-refractivity contribution in [3.05, 3.63) is 58.9 Å². The van der Waals surface area contributed by atoms with Crippen LogP contribution in [0.2, 0.25) is 5.15 Å². The molecular weight excluding hydrogens is 260 g/mol. The molecule has 0 fully saturated rings. The van der Waals surface area contributed by atoms with E-state index < -0.39 is 0 Å². The zero-order valence-corrected chi connectivity index (χ0v) is 11.6. The predicted molar refractivity (Wildman–Crippen MR) is 78.6 cm³/mol. The third kappa shape index (κ3) is 3.69. The van der Waals surface area contributed by atoms with E-state index in [0.29, 0.717) is 11.7 Å². The molecule has 1 heterocycles. The molecule has 0 aliphatic heterocycles. The van der Waals surface area contributed by atoms with Crippen LogP contribution in [0.15, 0.2) is 42.5 Å². The van der Waals surface area contributed by atoms with E-state index >= 15 is 0 Å². The summed E-state index contributed by atoms with van der Waals surface area (Å²) in [5.41, 5.74) is 3.07. The number of halogens is 1. The van der Waals surface area contributed by atoms with Crippen LogP contribution in [0, 0.1) is 6.92 Å². The van der Waals surface area contributed by atoms with Crippen LogP contribution in [0.3, 0.4) is 0 Å². The normalized spacial score (nSPS) is 10.5. The van der Waals surface area contributed by atoms with Crippen molar-refractivity contribution in [2.75, 3.05) is 18.1 Å². The molecule has 100 valence electrons. The minimum Gasteiger partial charge on any atom is -0.395 e. The molecule has 0 amide bonds. The van der Waals surface area contributed by atoms with Crippen molar-refractivity contribution in [2.45, 2.75) is 13.5 Å². The lowest BCUT2D eigenvalue weighted by Crippen LogP contribution is -2.27. The second-order valence-corrected chi connectivity index (χ2v) is 4.76. The largest absolute Gasteiger partial charge is 0.395 e. The first-order chi connectivity index (χ1) is 9.20. The summed E-state index contributed by atoms with van der Waals surface area (Å²) < 4.78 is 0. The van der Waals surface area contributed by atoms with Gasteiger partial charge in [-0.15, -0.1) is 0 Å². The van der Waals surface area contributed by atoms with Gasteiger partial charge in [-0.05, 0) is 24.6 Å². The number of pyridine rings is 1. The lowest BCUT2D eigenvalue weighted by atomic mass is 10.2. The summed E-state index contributed by atoms with van der Waals surface area (Å²) in [6.45, 7) is 3.34. The molecule has 0 aliphatic rings. The first-order valence-corrected chi connectivity index (χ1v) is 6.61. The molecule has 0 saturated heterocycles. The van der Waals surface area contributed by atoms with Crippen molar-refractivity contribution in [3.63, 3.8) is 0 Å². The molecular formula is C15H17ClN2O. The molecule has 0 radical (unpaired) electrons. The quantitative estimate of drug-likeness (QED) is 0.853. The van der Waals surface area contributed by atoms with Gasteiger partial charge in [-0.25, -0.2) is 4.98 Å². The molecule has 4 heteroatoms. The highest BCUT2D eigenvalue weighted by Gasteiger charge is 2.10. The lowest BCUT2D eigenvalue weighted by molar-refractivity contribution is 0.301. The van der Waals surface area contributed by atoms with E-state index in [1.54, 1.807) is 6.07 Å². The highest BCUT2D eigenvalue weighted by Crippen LogP contribution is 2.22. The minimum absolute atomic E-state index is 0.106. The van der Waals surface area contributed by atoms with Gasteiger partial charge in [0, 0.05) is 13.1 Å². The number of aryl methyl sites for hydroxylation is 1. The summed E-state index contributed by atoms with van der Waals surface area (Å²) in [7, 11) is 0. The third-order valence-corrected chi connectivity index (χ3v) is 3.16. The molecule has 3 nitrogen and oxygen atoms in total. The van der Waals surface area contributed by atoms with Crippen molar-refractivity contribution in [3.8, 4) is 0 Å². The number of hydrogen-bond donors (Lipinski definition) is 1. The number of aliphatic hydroxyl groups is 1. The van der Waals surface area contributed by atoms with Crippen LogP contribution >= 0.6 is 11.6 Å². The predicted octanol–water partition coefficient (Wildman–Crippen LogP) is 3.04. The molecule has 0 unspecified atom stereocenters. The van der Waals surface area contributed by atoms with Gasteiger partial charge in [-0.1, -0.05) is 41.9 Å². The van der Waals surface area contributed by atoms with Gasteiger partial charge in [-0.2, -0.15) is 0 Å². The first-order valence-electron chi connectivity index (χ1n) is 6.23. The average Bonchev–Trinajstić information content (AvgIpc) is 2.39. The maximum atomic E-state index is 9.23. The van der Waals surface area contributed by atoms with Gasteiger partial charge in [0.1, 0.15) is 5.15 Å². The van der Waals surface area contributed by atoms with Crippen LogP contribution in [0.25, 0.3) is 0 Å². The van der Waals surface area contributed by atoms with E-state index in [0.717, 1.165) is 17.9 Å². The van der Waals surface area contributed by atoms with E-state index in [-0.39, 0.29) is 6.61 Å². The van der Waals surface area contributed by atoms with Crippen molar-refractivity contribution in [2.24, 2.45) is 0 Å². The number of aromatic nitrogens is 1. The number of anilines is 1. The molecule has 2 rings (SSSR count). The van der Waals surface area contributed by atoms with Crippen molar-refractivity contribution in [1.29, 1.82) is 0 Å². The summed E-state index contributed by atoms with van der Waals surface area (Å²) in [5.74, 6) is 0. The maximum absolute atomic E-state index is 9.23. The standard InChI is InChI=1S/C15H17ClN2O/c1-12-14(7-8-15(16)17-12)18(9-10-19)11-13-5-3-2-4-6-13/h2-8,19H,9-11H2,1H3. The average molecular weight is 277 g/mol. The van der Waals surface area contributed by atoms with Gasteiger partial charge in [0.15, 0.2) is 0 Å². The fraction of sp³-hybridized carbons (Fsp3) is 0.267. The topological polar surface area (TPSA) is 36.4 Å². The summed E-state index contributed by atoms with van der Waals surface area (Å²) in [6, 6.07) is 13.9. The smallest absolute Gasteiger partial charge is 0.129 e. The Kier molecular flexibility index (Phi) is 4.77. The fourth-order valence-corrected chi connectivity index (χ4v) is 2.26. The Bertz CT molecular complexity index is 531. The molecule has 0 saturated carbocycles. The molecule has 0 atom stereocenters. The van der Waals surface area contributed by atoms with Crippen molar-refractivity contribution >= 4 is 17.3 Å². The minimum atomic E-state index is 0.106. The van der Waals surface area contributed by atoms with Crippen LogP contribution in [0.5, 0.6) is 0 Å². The number of rotatable bonds is 5. The molecule has 1 aromatic heterocycles. The number of hydrogen-bond acceptors (Lipinski definition) is 3. The van der Waals surface area contributed by atoms with Gasteiger partial charge >= 0.3 is 0 Å². The van der Waals surface area contributed by atoms with Crippen LogP contribution in [0.4, 0.5) is 5.69 Å². The highest BCUT2D eigenvalue weighted by atomic mass is 35.5. The summed E-state index contributed by atoms with van der Waals surface area (Å²) in [6.07, 6.45) is 0. The Morgan fingerprint density at radius 1 is 1.16 bits per heavy atom. The Labute approximate surface area is 118 Å². The van der Waals surface area contributed by atoms with Gasteiger partial charge in [-0.3, -0.25) is 0 Å². The maximum Gasteiger partial charge on any atom is 0.129 e. The molecule has 0 bridgehead atoms.